The number of furan rings is 1. The van der Waals surface area contributed by atoms with Crippen molar-refractivity contribution < 1.29 is 9.21 Å². The molecule has 0 saturated heterocycles. The van der Waals surface area contributed by atoms with Crippen LogP contribution in [0.3, 0.4) is 0 Å². The van der Waals surface area contributed by atoms with Crippen LogP contribution < -0.4 is 16.0 Å². The van der Waals surface area contributed by atoms with E-state index in [9.17, 15) is 4.79 Å². The molecule has 2 aromatic heterocycles. The number of nitrogens with two attached hydrogens (primary N) is 1. The molecule has 1 amide bonds. The highest BCUT2D eigenvalue weighted by atomic mass is 79.9. The van der Waals surface area contributed by atoms with Gasteiger partial charge in [0.1, 0.15) is 5.76 Å². The van der Waals surface area contributed by atoms with Gasteiger partial charge in [0, 0.05) is 6.20 Å². The second kappa shape index (κ2) is 4.58. The van der Waals surface area contributed by atoms with Gasteiger partial charge in [-0.1, -0.05) is 0 Å². The number of aromatic nitrogens is 1. The summed E-state index contributed by atoms with van der Waals surface area (Å²) in [6.45, 7) is 0.0919. The van der Waals surface area contributed by atoms with Gasteiger partial charge in [0.05, 0.1) is 12.2 Å². The van der Waals surface area contributed by atoms with Gasteiger partial charge in [-0.05, 0) is 40.2 Å². The topological polar surface area (TPSA) is 84.4 Å². The van der Waals surface area contributed by atoms with Crippen molar-refractivity contribution in [1.82, 2.24) is 4.98 Å². The highest BCUT2D eigenvalue weighted by molar-refractivity contribution is 9.10. The summed E-state index contributed by atoms with van der Waals surface area (Å²) in [6, 6.07) is 7.34. The van der Waals surface area contributed by atoms with Crippen LogP contribution in [0, 0.1) is 0 Å². The molecule has 7 heteroatoms. The lowest BCUT2D eigenvalue weighted by Crippen LogP contribution is -2.36. The molecule has 1 atom stereocenters. The number of hydrogen-bond acceptors (Lipinski definition) is 5. The van der Waals surface area contributed by atoms with Gasteiger partial charge < -0.3 is 20.4 Å². The molecule has 98 valence electrons. The predicted molar refractivity (Wildman–Crippen MR) is 73.5 cm³/mol. The second-order valence-electron chi connectivity index (χ2n) is 4.15. The van der Waals surface area contributed by atoms with Crippen LogP contribution in [-0.2, 0) is 4.79 Å². The second-order valence-corrected chi connectivity index (χ2v) is 4.94. The first-order valence-corrected chi connectivity index (χ1v) is 6.46. The number of carbonyl (C=O) groups excluding carboxylic acids is 1. The number of fused-ring (bicyclic) bond motifs is 1. The minimum atomic E-state index is -0.408. The zero-order chi connectivity index (χ0) is 13.4. The first-order chi connectivity index (χ1) is 9.15. The zero-order valence-electron chi connectivity index (χ0n) is 9.84. The molecule has 0 aliphatic carbocycles. The van der Waals surface area contributed by atoms with Crippen molar-refractivity contribution in [2.75, 3.05) is 16.8 Å². The summed E-state index contributed by atoms with van der Waals surface area (Å²) >= 11 is 3.26. The Labute approximate surface area is 117 Å². The Morgan fingerprint density at radius 1 is 1.53 bits per heavy atom. The number of nitrogens with zero attached hydrogens (tertiary/aromatic N) is 2. The van der Waals surface area contributed by atoms with E-state index in [2.05, 4.69) is 26.2 Å². The third-order valence-electron chi connectivity index (χ3n) is 2.87. The van der Waals surface area contributed by atoms with E-state index in [0.717, 1.165) is 5.69 Å². The molecule has 1 aliphatic rings. The lowest BCUT2D eigenvalue weighted by Gasteiger charge is -2.23. The lowest BCUT2D eigenvalue weighted by atomic mass is 10.3. The summed E-state index contributed by atoms with van der Waals surface area (Å²) in [5, 5.41) is 3.21. The highest BCUT2D eigenvalue weighted by Crippen LogP contribution is 2.39. The van der Waals surface area contributed by atoms with Crippen molar-refractivity contribution in [1.29, 1.82) is 0 Å². The van der Waals surface area contributed by atoms with Crippen LogP contribution in [0.15, 0.2) is 39.5 Å². The number of anilines is 2. The van der Waals surface area contributed by atoms with E-state index in [1.54, 1.807) is 12.3 Å². The van der Waals surface area contributed by atoms with Gasteiger partial charge in [-0.25, -0.2) is 4.98 Å². The van der Waals surface area contributed by atoms with E-state index in [-0.39, 0.29) is 12.7 Å². The van der Waals surface area contributed by atoms with Crippen molar-refractivity contribution in [2.24, 2.45) is 5.73 Å². The Kier molecular flexibility index (Phi) is 2.90. The molecule has 3 N–H and O–H groups in total. The largest absolute Gasteiger partial charge is 0.450 e. The molecule has 0 fully saturated rings. The molecule has 19 heavy (non-hydrogen) atoms. The number of nitrogens with one attached hydrogen (secondary N) is 1. The molecule has 2 aromatic rings. The normalized spacial score (nSPS) is 17.1. The summed E-state index contributed by atoms with van der Waals surface area (Å²) in [5.41, 5.74) is 6.14. The Morgan fingerprint density at radius 3 is 3.05 bits per heavy atom. The molecule has 6 nitrogen and oxygen atoms in total. The zero-order valence-corrected chi connectivity index (χ0v) is 11.4. The van der Waals surface area contributed by atoms with Crippen molar-refractivity contribution >= 4 is 33.3 Å². The summed E-state index contributed by atoms with van der Waals surface area (Å²) < 4.78 is 6.17. The van der Waals surface area contributed by atoms with Gasteiger partial charge in [0.2, 0.25) is 5.91 Å². The molecule has 3 heterocycles. The van der Waals surface area contributed by atoms with Gasteiger partial charge >= 0.3 is 0 Å². The number of carbonyl (C=O) groups is 1. The number of amides is 1. The number of hydrogen-bond donors (Lipinski definition) is 2. The summed E-state index contributed by atoms with van der Waals surface area (Å²) in [5.74, 6) is 0.988. The minimum Gasteiger partial charge on any atom is -0.450 e. The van der Waals surface area contributed by atoms with Crippen molar-refractivity contribution in [2.45, 2.75) is 6.17 Å². The number of rotatable bonds is 3. The molecule has 0 saturated carbocycles. The van der Waals surface area contributed by atoms with Crippen LogP contribution in [-0.4, -0.2) is 17.4 Å². The summed E-state index contributed by atoms with van der Waals surface area (Å²) in [4.78, 5) is 17.3. The fourth-order valence-electron chi connectivity index (χ4n) is 2.13. The fourth-order valence-corrected chi connectivity index (χ4v) is 2.45. The molecule has 0 aromatic carbocycles. The third-order valence-corrected chi connectivity index (χ3v) is 3.30. The van der Waals surface area contributed by atoms with Crippen molar-refractivity contribution in [3.8, 4) is 0 Å². The summed E-state index contributed by atoms with van der Waals surface area (Å²) in [7, 11) is 0. The van der Waals surface area contributed by atoms with E-state index in [1.807, 2.05) is 23.1 Å². The maximum absolute atomic E-state index is 11.2. The summed E-state index contributed by atoms with van der Waals surface area (Å²) in [6.07, 6.45) is 1.40. The van der Waals surface area contributed by atoms with E-state index < -0.39 is 5.91 Å². The molecule has 0 bridgehead atoms. The van der Waals surface area contributed by atoms with Crippen LogP contribution >= 0.6 is 15.9 Å². The maximum atomic E-state index is 11.2. The smallest absolute Gasteiger partial charge is 0.237 e. The number of pyridine rings is 1. The molecule has 0 radical (unpaired) electrons. The van der Waals surface area contributed by atoms with Crippen LogP contribution in [0.1, 0.15) is 11.9 Å². The lowest BCUT2D eigenvalue weighted by molar-refractivity contribution is -0.116. The fraction of sp³-hybridized carbons (Fsp3) is 0.167. The van der Waals surface area contributed by atoms with Gasteiger partial charge in [0.25, 0.3) is 0 Å². The van der Waals surface area contributed by atoms with Crippen molar-refractivity contribution in [3.63, 3.8) is 0 Å². The molecular weight excluding hydrogens is 312 g/mol. The van der Waals surface area contributed by atoms with Crippen LogP contribution in [0.2, 0.25) is 0 Å². The standard InChI is InChI=1S/C12H11BrN4O2/c13-9-4-3-8(19-9)12-16-11-7(2-1-5-15-11)17(12)6-10(14)18/h1-5,12H,6H2,(H2,14,18)(H,15,16). The van der Waals surface area contributed by atoms with Gasteiger partial charge in [-0.3, -0.25) is 4.79 Å². The Balaban J connectivity index is 1.99. The maximum Gasteiger partial charge on any atom is 0.237 e. The van der Waals surface area contributed by atoms with E-state index in [4.69, 9.17) is 10.2 Å². The van der Waals surface area contributed by atoms with Crippen LogP contribution in [0.25, 0.3) is 0 Å². The van der Waals surface area contributed by atoms with E-state index in [0.29, 0.717) is 16.2 Å². The Morgan fingerprint density at radius 2 is 2.37 bits per heavy atom. The highest BCUT2D eigenvalue weighted by Gasteiger charge is 2.33. The average Bonchev–Trinajstić information content (AvgIpc) is 2.94. The monoisotopic (exact) mass is 322 g/mol. The molecular formula is C12H11BrN4O2. The number of halogens is 1. The number of primary amides is 1. The first-order valence-electron chi connectivity index (χ1n) is 5.67. The Hall–Kier alpha value is -2.02. The average molecular weight is 323 g/mol. The van der Waals surface area contributed by atoms with Gasteiger partial charge in [0.15, 0.2) is 16.7 Å². The van der Waals surface area contributed by atoms with Crippen molar-refractivity contribution in [3.05, 3.63) is 40.9 Å². The third kappa shape index (κ3) is 2.17. The predicted octanol–water partition coefficient (Wildman–Crippen LogP) is 1.85. The molecule has 1 aliphatic heterocycles. The SMILES string of the molecule is NC(=O)CN1c2cccnc2NC1c1ccc(Br)o1. The van der Waals surface area contributed by atoms with Gasteiger partial charge in [-0.15, -0.1) is 0 Å². The van der Waals surface area contributed by atoms with Crippen LogP contribution in [0.4, 0.5) is 11.5 Å². The van der Waals surface area contributed by atoms with Gasteiger partial charge in [-0.2, -0.15) is 0 Å². The quantitative estimate of drug-likeness (QED) is 0.900. The molecule has 3 rings (SSSR count). The van der Waals surface area contributed by atoms with Crippen LogP contribution in [0.5, 0.6) is 0 Å². The van der Waals surface area contributed by atoms with E-state index >= 15 is 0 Å². The first kappa shape index (κ1) is 12.0. The molecule has 0 spiro atoms. The van der Waals surface area contributed by atoms with E-state index in [1.165, 1.54) is 0 Å². The minimum absolute atomic E-state index is 0.0919. The Bertz CT molecular complexity index is 628. The molecule has 1 unspecified atom stereocenters.